The van der Waals surface area contributed by atoms with E-state index in [-0.39, 0.29) is 5.97 Å². The molecule has 21 heavy (non-hydrogen) atoms. The third-order valence-electron chi connectivity index (χ3n) is 4.21. The smallest absolute Gasteiger partial charge is 0.337 e. The fourth-order valence-electron chi connectivity index (χ4n) is 3.06. The van der Waals surface area contributed by atoms with Crippen LogP contribution in [0.25, 0.3) is 11.4 Å². The van der Waals surface area contributed by atoms with Crippen molar-refractivity contribution in [2.45, 2.75) is 32.2 Å². The van der Waals surface area contributed by atoms with Crippen molar-refractivity contribution in [2.75, 3.05) is 7.11 Å². The normalized spacial score (nSPS) is 15.3. The lowest BCUT2D eigenvalue weighted by Gasteiger charge is -2.13. The first-order valence-electron chi connectivity index (χ1n) is 7.48. The fourth-order valence-corrected chi connectivity index (χ4v) is 3.06. The molecule has 0 atom stereocenters. The first-order valence-corrected chi connectivity index (χ1v) is 7.48. The molecular formula is C17H20N2O2. The number of nitrogens with zero attached hydrogens (tertiary/aromatic N) is 2. The Balaban J connectivity index is 1.80. The van der Waals surface area contributed by atoms with Crippen LogP contribution < -0.4 is 0 Å². The molecule has 0 bridgehead atoms. The zero-order valence-electron chi connectivity index (χ0n) is 12.3. The summed E-state index contributed by atoms with van der Waals surface area (Å²) < 4.78 is 6.94. The van der Waals surface area contributed by atoms with Crippen LogP contribution in [-0.4, -0.2) is 22.6 Å². The predicted octanol–water partition coefficient (Wildman–Crippen LogP) is 3.53. The van der Waals surface area contributed by atoms with Crippen molar-refractivity contribution in [3.05, 3.63) is 42.2 Å². The number of methoxy groups -OCH3 is 1. The van der Waals surface area contributed by atoms with Crippen LogP contribution >= 0.6 is 0 Å². The van der Waals surface area contributed by atoms with Crippen molar-refractivity contribution in [1.82, 2.24) is 9.55 Å². The first kappa shape index (κ1) is 13.9. The highest BCUT2D eigenvalue weighted by molar-refractivity contribution is 5.89. The Morgan fingerprint density at radius 3 is 2.67 bits per heavy atom. The third kappa shape index (κ3) is 2.99. The number of esters is 1. The van der Waals surface area contributed by atoms with Crippen LogP contribution in [0.3, 0.4) is 0 Å². The molecule has 1 aliphatic rings. The molecule has 0 unspecified atom stereocenters. The summed E-state index contributed by atoms with van der Waals surface area (Å²) in [7, 11) is 1.39. The minimum Gasteiger partial charge on any atom is -0.465 e. The maximum atomic E-state index is 11.5. The number of carbonyl (C=O) groups is 1. The Morgan fingerprint density at radius 2 is 2.00 bits per heavy atom. The highest BCUT2D eigenvalue weighted by atomic mass is 16.5. The Morgan fingerprint density at radius 1 is 1.29 bits per heavy atom. The van der Waals surface area contributed by atoms with Gasteiger partial charge in [0.25, 0.3) is 0 Å². The molecule has 110 valence electrons. The SMILES string of the molecule is COC(=O)c1ccc(-c2nccn2CC2CCCC2)cc1. The summed E-state index contributed by atoms with van der Waals surface area (Å²) in [5.74, 6) is 1.43. The largest absolute Gasteiger partial charge is 0.465 e. The molecule has 1 aromatic heterocycles. The van der Waals surface area contributed by atoms with E-state index in [0.29, 0.717) is 5.56 Å². The number of carbonyl (C=O) groups excluding carboxylic acids is 1. The van der Waals surface area contributed by atoms with E-state index in [1.165, 1.54) is 32.8 Å². The molecule has 1 aromatic carbocycles. The summed E-state index contributed by atoms with van der Waals surface area (Å²) >= 11 is 0. The van der Waals surface area contributed by atoms with Crippen LogP contribution in [0.4, 0.5) is 0 Å². The van der Waals surface area contributed by atoms with Gasteiger partial charge in [0.05, 0.1) is 12.7 Å². The number of hydrogen-bond acceptors (Lipinski definition) is 3. The summed E-state index contributed by atoms with van der Waals surface area (Å²) in [5.41, 5.74) is 1.60. The second kappa shape index (κ2) is 6.12. The maximum absolute atomic E-state index is 11.5. The lowest BCUT2D eigenvalue weighted by molar-refractivity contribution is 0.0601. The minimum absolute atomic E-state index is 0.309. The van der Waals surface area contributed by atoms with Gasteiger partial charge in [-0.25, -0.2) is 9.78 Å². The zero-order chi connectivity index (χ0) is 14.7. The summed E-state index contributed by atoms with van der Waals surface area (Å²) in [6, 6.07) is 7.44. The van der Waals surface area contributed by atoms with Gasteiger partial charge in [-0.05, 0) is 30.9 Å². The second-order valence-corrected chi connectivity index (χ2v) is 5.62. The van der Waals surface area contributed by atoms with Gasteiger partial charge in [0.2, 0.25) is 0 Å². The van der Waals surface area contributed by atoms with Crippen molar-refractivity contribution >= 4 is 5.97 Å². The molecular weight excluding hydrogens is 264 g/mol. The highest BCUT2D eigenvalue weighted by Gasteiger charge is 2.17. The van der Waals surface area contributed by atoms with E-state index in [9.17, 15) is 4.79 Å². The minimum atomic E-state index is -0.309. The van der Waals surface area contributed by atoms with Crippen molar-refractivity contribution in [1.29, 1.82) is 0 Å². The molecule has 0 spiro atoms. The molecule has 0 N–H and O–H groups in total. The van der Waals surface area contributed by atoms with Crippen LogP contribution in [0.15, 0.2) is 36.7 Å². The van der Waals surface area contributed by atoms with Gasteiger partial charge in [0.15, 0.2) is 0 Å². The average Bonchev–Trinajstić information content (AvgIpc) is 3.19. The van der Waals surface area contributed by atoms with Gasteiger partial charge in [0, 0.05) is 24.5 Å². The Hall–Kier alpha value is -2.10. The third-order valence-corrected chi connectivity index (χ3v) is 4.21. The molecule has 0 amide bonds. The number of ether oxygens (including phenoxy) is 1. The van der Waals surface area contributed by atoms with E-state index in [4.69, 9.17) is 4.74 Å². The number of aromatic nitrogens is 2. The molecule has 1 heterocycles. The zero-order valence-corrected chi connectivity index (χ0v) is 12.3. The van der Waals surface area contributed by atoms with Crippen LogP contribution in [0.1, 0.15) is 36.0 Å². The van der Waals surface area contributed by atoms with E-state index in [0.717, 1.165) is 23.9 Å². The average molecular weight is 284 g/mol. The number of hydrogen-bond donors (Lipinski definition) is 0. The number of benzene rings is 1. The topological polar surface area (TPSA) is 44.1 Å². The standard InChI is InChI=1S/C17H20N2O2/c1-21-17(20)15-8-6-14(7-9-15)16-18-10-11-19(16)12-13-4-2-3-5-13/h6-11,13H,2-5,12H2,1H3. The summed E-state index contributed by atoms with van der Waals surface area (Å²) in [4.78, 5) is 15.9. The van der Waals surface area contributed by atoms with E-state index in [1.54, 1.807) is 12.1 Å². The maximum Gasteiger partial charge on any atom is 0.337 e. The molecule has 0 aliphatic heterocycles. The molecule has 0 radical (unpaired) electrons. The van der Waals surface area contributed by atoms with E-state index < -0.39 is 0 Å². The first-order chi connectivity index (χ1) is 10.3. The second-order valence-electron chi connectivity index (χ2n) is 5.62. The Labute approximate surface area is 124 Å². The van der Waals surface area contributed by atoms with Gasteiger partial charge in [-0.1, -0.05) is 25.0 Å². The van der Waals surface area contributed by atoms with Crippen LogP contribution in [0, 0.1) is 5.92 Å². The van der Waals surface area contributed by atoms with Gasteiger partial charge in [-0.2, -0.15) is 0 Å². The molecule has 3 rings (SSSR count). The van der Waals surface area contributed by atoms with Crippen molar-refractivity contribution in [2.24, 2.45) is 5.92 Å². The van der Waals surface area contributed by atoms with Crippen molar-refractivity contribution in [3.63, 3.8) is 0 Å². The molecule has 2 aromatic rings. The molecule has 1 saturated carbocycles. The quantitative estimate of drug-likeness (QED) is 0.807. The van der Waals surface area contributed by atoms with Crippen LogP contribution in [0.2, 0.25) is 0 Å². The number of rotatable bonds is 4. The van der Waals surface area contributed by atoms with Gasteiger partial charge < -0.3 is 9.30 Å². The molecule has 4 nitrogen and oxygen atoms in total. The summed E-state index contributed by atoms with van der Waals surface area (Å²) in [6.45, 7) is 1.04. The van der Waals surface area contributed by atoms with Crippen molar-refractivity contribution in [3.8, 4) is 11.4 Å². The molecule has 4 heteroatoms. The van der Waals surface area contributed by atoms with E-state index >= 15 is 0 Å². The number of imidazole rings is 1. The lowest BCUT2D eigenvalue weighted by Crippen LogP contribution is -2.08. The molecule has 1 fully saturated rings. The Kier molecular flexibility index (Phi) is 4.04. The van der Waals surface area contributed by atoms with Crippen LogP contribution in [0.5, 0.6) is 0 Å². The van der Waals surface area contributed by atoms with Gasteiger partial charge in [-0.3, -0.25) is 0 Å². The molecule has 0 saturated heterocycles. The summed E-state index contributed by atoms with van der Waals surface area (Å²) in [5, 5.41) is 0. The fraction of sp³-hybridized carbons (Fsp3) is 0.412. The monoisotopic (exact) mass is 284 g/mol. The predicted molar refractivity (Wildman–Crippen MR) is 81.0 cm³/mol. The van der Waals surface area contributed by atoms with E-state index in [1.807, 2.05) is 24.5 Å². The van der Waals surface area contributed by atoms with Crippen LogP contribution in [-0.2, 0) is 11.3 Å². The van der Waals surface area contributed by atoms with Gasteiger partial charge >= 0.3 is 5.97 Å². The van der Waals surface area contributed by atoms with Gasteiger partial charge in [0.1, 0.15) is 5.82 Å². The summed E-state index contributed by atoms with van der Waals surface area (Å²) in [6.07, 6.45) is 9.23. The van der Waals surface area contributed by atoms with E-state index in [2.05, 4.69) is 9.55 Å². The lowest BCUT2D eigenvalue weighted by atomic mass is 10.1. The highest BCUT2D eigenvalue weighted by Crippen LogP contribution is 2.28. The van der Waals surface area contributed by atoms with Gasteiger partial charge in [-0.15, -0.1) is 0 Å². The van der Waals surface area contributed by atoms with Crippen molar-refractivity contribution < 1.29 is 9.53 Å². The molecule has 1 aliphatic carbocycles. The Bertz CT molecular complexity index is 610.